The molecule has 0 aliphatic carbocycles. The van der Waals surface area contributed by atoms with Crippen LogP contribution in [-0.2, 0) is 0 Å². The van der Waals surface area contributed by atoms with Gasteiger partial charge in [-0.3, -0.25) is 4.90 Å². The predicted molar refractivity (Wildman–Crippen MR) is 50.2 cm³/mol. The summed E-state index contributed by atoms with van der Waals surface area (Å²) >= 11 is 0. The van der Waals surface area contributed by atoms with Crippen LogP contribution in [0.2, 0.25) is 0 Å². The largest absolute Gasteiger partial charge is 0.297 e. The lowest BCUT2D eigenvalue weighted by Gasteiger charge is -2.24. The quantitative estimate of drug-likeness (QED) is 0.552. The van der Waals surface area contributed by atoms with Crippen molar-refractivity contribution in [3.63, 3.8) is 0 Å². The third-order valence-corrected chi connectivity index (χ3v) is 1.94. The fourth-order valence-corrected chi connectivity index (χ4v) is 1.37. The second-order valence-electron chi connectivity index (χ2n) is 3.74. The molecule has 0 saturated heterocycles. The van der Waals surface area contributed by atoms with Crippen LogP contribution >= 0.6 is 0 Å². The summed E-state index contributed by atoms with van der Waals surface area (Å²) in [6, 6.07) is 0.569. The average molecular weight is 155 g/mol. The Balaban J connectivity index is 3.69. The Morgan fingerprint density at radius 2 is 1.91 bits per heavy atom. The Morgan fingerprint density at radius 3 is 2.18 bits per heavy atom. The normalized spacial score (nSPS) is 14.5. The minimum Gasteiger partial charge on any atom is -0.297 e. The van der Waals surface area contributed by atoms with Crippen molar-refractivity contribution in [3.8, 4) is 0 Å². The molecule has 2 radical (unpaired) electrons. The summed E-state index contributed by atoms with van der Waals surface area (Å²) in [4.78, 5) is 1.85. The van der Waals surface area contributed by atoms with Crippen molar-refractivity contribution in [1.29, 1.82) is 0 Å². The molecule has 0 spiro atoms. The van der Waals surface area contributed by atoms with E-state index in [0.29, 0.717) is 6.04 Å². The average Bonchev–Trinajstić information content (AvgIpc) is 1.86. The van der Waals surface area contributed by atoms with Gasteiger partial charge in [-0.25, -0.2) is 0 Å². The van der Waals surface area contributed by atoms with Crippen LogP contribution in [0.5, 0.6) is 0 Å². The van der Waals surface area contributed by atoms with Crippen molar-refractivity contribution in [3.05, 3.63) is 7.05 Å². The van der Waals surface area contributed by atoms with Gasteiger partial charge in [0.05, 0.1) is 0 Å². The maximum Gasteiger partial charge on any atom is 0.0438 e. The first-order valence-corrected chi connectivity index (χ1v) is 4.55. The molecule has 0 aromatic carbocycles. The first kappa shape index (κ1) is 11.0. The van der Waals surface area contributed by atoms with Gasteiger partial charge in [0, 0.05) is 13.1 Å². The summed E-state index contributed by atoms with van der Waals surface area (Å²) in [5.41, 5.74) is 0. The van der Waals surface area contributed by atoms with Gasteiger partial charge in [0.15, 0.2) is 0 Å². The van der Waals surface area contributed by atoms with Gasteiger partial charge in [0.2, 0.25) is 0 Å². The molecule has 11 heavy (non-hydrogen) atoms. The SMILES string of the molecule is [CH]N(C)C(CCC)CC(C)C. The van der Waals surface area contributed by atoms with Crippen LogP contribution < -0.4 is 0 Å². The van der Waals surface area contributed by atoms with E-state index in [1.54, 1.807) is 0 Å². The van der Waals surface area contributed by atoms with Crippen LogP contribution in [0.1, 0.15) is 40.0 Å². The Morgan fingerprint density at radius 1 is 1.36 bits per heavy atom. The molecule has 0 aliphatic rings. The first-order chi connectivity index (χ1) is 5.07. The highest BCUT2D eigenvalue weighted by Crippen LogP contribution is 2.13. The van der Waals surface area contributed by atoms with E-state index in [0.717, 1.165) is 5.92 Å². The Kier molecular flexibility index (Phi) is 5.57. The van der Waals surface area contributed by atoms with Crippen LogP contribution in [0.3, 0.4) is 0 Å². The van der Waals surface area contributed by atoms with E-state index in [-0.39, 0.29) is 0 Å². The van der Waals surface area contributed by atoms with E-state index in [9.17, 15) is 0 Å². The van der Waals surface area contributed by atoms with Gasteiger partial charge in [0.25, 0.3) is 0 Å². The second kappa shape index (κ2) is 5.59. The number of rotatable bonds is 5. The molecule has 0 fully saturated rings. The first-order valence-electron chi connectivity index (χ1n) is 4.55. The molecular formula is C10H21N. The Labute approximate surface area is 71.8 Å². The molecule has 0 aromatic heterocycles. The van der Waals surface area contributed by atoms with Gasteiger partial charge >= 0.3 is 0 Å². The van der Waals surface area contributed by atoms with Gasteiger partial charge in [-0.1, -0.05) is 27.2 Å². The zero-order chi connectivity index (χ0) is 8.85. The van der Waals surface area contributed by atoms with Gasteiger partial charge < -0.3 is 0 Å². The number of hydrogen-bond acceptors (Lipinski definition) is 1. The molecule has 1 atom stereocenters. The Hall–Kier alpha value is -0.0400. The van der Waals surface area contributed by atoms with E-state index >= 15 is 0 Å². The van der Waals surface area contributed by atoms with Crippen molar-refractivity contribution >= 4 is 0 Å². The summed E-state index contributed by atoms with van der Waals surface area (Å²) in [6.45, 7) is 6.69. The predicted octanol–water partition coefficient (Wildman–Crippen LogP) is 2.80. The van der Waals surface area contributed by atoms with Crippen LogP contribution in [0, 0.1) is 13.0 Å². The monoisotopic (exact) mass is 155 g/mol. The third kappa shape index (κ3) is 5.25. The van der Waals surface area contributed by atoms with Crippen LogP contribution in [-0.4, -0.2) is 18.0 Å². The zero-order valence-electron chi connectivity index (χ0n) is 8.30. The van der Waals surface area contributed by atoms with Crippen molar-refractivity contribution in [1.82, 2.24) is 4.90 Å². The summed E-state index contributed by atoms with van der Waals surface area (Å²) in [5.74, 6) is 0.748. The molecule has 1 nitrogen and oxygen atoms in total. The van der Waals surface area contributed by atoms with E-state index in [1.807, 2.05) is 11.9 Å². The van der Waals surface area contributed by atoms with E-state index in [2.05, 4.69) is 20.8 Å². The van der Waals surface area contributed by atoms with E-state index in [4.69, 9.17) is 7.05 Å². The van der Waals surface area contributed by atoms with Crippen molar-refractivity contribution in [2.24, 2.45) is 5.92 Å². The fraction of sp³-hybridized carbons (Fsp3) is 0.900. The van der Waals surface area contributed by atoms with Gasteiger partial charge in [-0.05, 0) is 25.8 Å². The lowest BCUT2D eigenvalue weighted by atomic mass is 9.99. The van der Waals surface area contributed by atoms with Gasteiger partial charge in [-0.2, -0.15) is 0 Å². The molecule has 1 heteroatoms. The molecule has 0 heterocycles. The van der Waals surface area contributed by atoms with Gasteiger partial charge in [-0.15, -0.1) is 0 Å². The molecule has 0 saturated carbocycles. The minimum absolute atomic E-state index is 0.569. The maximum absolute atomic E-state index is 5.70. The number of nitrogens with zero attached hydrogens (tertiary/aromatic N) is 1. The molecule has 1 unspecified atom stereocenters. The van der Waals surface area contributed by atoms with E-state index in [1.165, 1.54) is 19.3 Å². The smallest absolute Gasteiger partial charge is 0.0438 e. The summed E-state index contributed by atoms with van der Waals surface area (Å²) in [5, 5.41) is 0. The van der Waals surface area contributed by atoms with Crippen molar-refractivity contribution < 1.29 is 0 Å². The highest BCUT2D eigenvalue weighted by Gasteiger charge is 2.11. The third-order valence-electron chi connectivity index (χ3n) is 1.94. The number of hydrogen-bond donors (Lipinski definition) is 0. The van der Waals surface area contributed by atoms with Crippen molar-refractivity contribution in [2.45, 2.75) is 46.1 Å². The standard InChI is InChI=1S/C10H21N/c1-6-7-10(11(4)5)8-9(2)3/h4,9-10H,6-8H2,1-3,5H3. The molecule has 0 aliphatic heterocycles. The molecular weight excluding hydrogens is 134 g/mol. The minimum atomic E-state index is 0.569. The lowest BCUT2D eigenvalue weighted by Crippen LogP contribution is -2.27. The topological polar surface area (TPSA) is 3.24 Å². The highest BCUT2D eigenvalue weighted by atomic mass is 15.1. The maximum atomic E-state index is 5.70. The summed E-state index contributed by atoms with van der Waals surface area (Å²) in [6.07, 6.45) is 3.64. The molecule has 0 bridgehead atoms. The zero-order valence-corrected chi connectivity index (χ0v) is 8.30. The van der Waals surface area contributed by atoms with Crippen LogP contribution in [0.15, 0.2) is 0 Å². The molecule has 0 amide bonds. The lowest BCUT2D eigenvalue weighted by molar-refractivity contribution is 0.263. The van der Waals surface area contributed by atoms with E-state index < -0.39 is 0 Å². The second-order valence-corrected chi connectivity index (χ2v) is 3.74. The molecule has 66 valence electrons. The molecule has 0 aromatic rings. The molecule has 0 N–H and O–H groups in total. The van der Waals surface area contributed by atoms with Crippen LogP contribution in [0.4, 0.5) is 0 Å². The molecule has 0 rings (SSSR count). The highest BCUT2D eigenvalue weighted by molar-refractivity contribution is 4.68. The summed E-state index contributed by atoms with van der Waals surface area (Å²) in [7, 11) is 7.67. The van der Waals surface area contributed by atoms with Crippen LogP contribution in [0.25, 0.3) is 0 Å². The summed E-state index contributed by atoms with van der Waals surface area (Å²) < 4.78 is 0. The Bertz CT molecular complexity index is 86.9. The fourth-order valence-electron chi connectivity index (χ4n) is 1.37. The van der Waals surface area contributed by atoms with Crippen molar-refractivity contribution in [2.75, 3.05) is 7.05 Å². The van der Waals surface area contributed by atoms with Gasteiger partial charge in [0.1, 0.15) is 0 Å².